The van der Waals surface area contributed by atoms with Crippen LogP contribution in [0.1, 0.15) is 9.88 Å². The van der Waals surface area contributed by atoms with E-state index in [2.05, 4.69) is 15.2 Å². The molecule has 0 saturated carbocycles. The van der Waals surface area contributed by atoms with E-state index in [-0.39, 0.29) is 0 Å². The van der Waals surface area contributed by atoms with Gasteiger partial charge in [-0.05, 0) is 11.4 Å². The number of thiazole rings is 1. The van der Waals surface area contributed by atoms with Crippen molar-refractivity contribution in [2.45, 2.75) is 0 Å². The minimum atomic E-state index is 0.869. The number of thiophene rings is 1. The quantitative estimate of drug-likeness (QED) is 0.580. The van der Waals surface area contributed by atoms with Crippen molar-refractivity contribution in [3.05, 3.63) is 39.0 Å². The molecule has 0 saturated heterocycles. The Morgan fingerprint density at radius 3 is 2.79 bits per heavy atom. The van der Waals surface area contributed by atoms with E-state index in [0.717, 1.165) is 9.88 Å². The Labute approximate surface area is 89.5 Å². The topological polar surface area (TPSA) is 37.6 Å². The second-order valence-corrected chi connectivity index (χ2v) is 4.28. The summed E-state index contributed by atoms with van der Waals surface area (Å²) in [4.78, 5) is 5.15. The summed E-state index contributed by atoms with van der Waals surface area (Å²) in [6.45, 7) is 0. The van der Waals surface area contributed by atoms with Crippen molar-refractivity contribution in [2.75, 3.05) is 0 Å². The van der Waals surface area contributed by atoms with Crippen LogP contribution in [0.4, 0.5) is 0 Å². The highest BCUT2D eigenvalue weighted by molar-refractivity contribution is 7.11. The maximum absolute atomic E-state index is 4.05. The summed E-state index contributed by atoms with van der Waals surface area (Å²) in [5.41, 5.74) is 0. The molecule has 3 nitrogen and oxygen atoms in total. The molecule has 0 aromatic carbocycles. The van der Waals surface area contributed by atoms with Gasteiger partial charge in [-0.1, -0.05) is 6.07 Å². The maximum atomic E-state index is 4.05. The lowest BCUT2D eigenvalue weighted by molar-refractivity contribution is 1.26. The molecule has 0 unspecified atom stereocenters. The summed E-state index contributed by atoms with van der Waals surface area (Å²) in [5, 5.41) is 12.6. The summed E-state index contributed by atoms with van der Waals surface area (Å²) in [6.07, 6.45) is 5.12. The number of rotatable bonds is 3. The Morgan fingerprint density at radius 1 is 1.14 bits per heavy atom. The molecular weight excluding hydrogens is 214 g/mol. The summed E-state index contributed by atoms with van der Waals surface area (Å²) in [7, 11) is 0. The lowest BCUT2D eigenvalue weighted by Gasteiger charge is -1.79. The Hall–Kier alpha value is -1.33. The molecule has 0 atom stereocenters. The molecule has 0 aliphatic heterocycles. The highest BCUT2D eigenvalue weighted by atomic mass is 32.1. The van der Waals surface area contributed by atoms with Gasteiger partial charge in [-0.15, -0.1) is 22.7 Å². The molecule has 2 aromatic rings. The monoisotopic (exact) mass is 221 g/mol. The maximum Gasteiger partial charge on any atom is 0.136 e. The minimum absolute atomic E-state index is 0.869. The van der Waals surface area contributed by atoms with E-state index in [1.54, 1.807) is 30.0 Å². The first-order chi connectivity index (χ1) is 6.95. The molecule has 2 heterocycles. The second kappa shape index (κ2) is 4.78. The van der Waals surface area contributed by atoms with Crippen molar-refractivity contribution < 1.29 is 0 Å². The third-order valence-corrected chi connectivity index (χ3v) is 2.93. The predicted molar refractivity (Wildman–Crippen MR) is 61.6 cm³/mol. The average molecular weight is 221 g/mol. The van der Waals surface area contributed by atoms with Gasteiger partial charge >= 0.3 is 0 Å². The lowest BCUT2D eigenvalue weighted by atomic mass is 10.5. The van der Waals surface area contributed by atoms with Gasteiger partial charge in [0.2, 0.25) is 0 Å². The fourth-order valence-electron chi connectivity index (χ4n) is 0.836. The van der Waals surface area contributed by atoms with Crippen LogP contribution in [0.15, 0.2) is 39.3 Å². The number of nitrogens with zero attached hydrogens (tertiary/aromatic N) is 3. The Balaban J connectivity index is 1.94. The van der Waals surface area contributed by atoms with Crippen LogP contribution in [-0.2, 0) is 0 Å². The van der Waals surface area contributed by atoms with Gasteiger partial charge in [0.1, 0.15) is 5.01 Å². The van der Waals surface area contributed by atoms with Gasteiger partial charge in [-0.25, -0.2) is 4.98 Å². The molecule has 14 heavy (non-hydrogen) atoms. The van der Waals surface area contributed by atoms with Gasteiger partial charge in [0.15, 0.2) is 0 Å². The van der Waals surface area contributed by atoms with E-state index in [0.29, 0.717) is 0 Å². The smallest absolute Gasteiger partial charge is 0.136 e. The number of hydrogen-bond acceptors (Lipinski definition) is 5. The molecule has 0 aliphatic rings. The van der Waals surface area contributed by atoms with Gasteiger partial charge in [0, 0.05) is 16.5 Å². The molecule has 0 radical (unpaired) electrons. The van der Waals surface area contributed by atoms with Crippen LogP contribution in [0.25, 0.3) is 0 Å². The fourth-order valence-corrected chi connectivity index (χ4v) is 1.91. The van der Waals surface area contributed by atoms with Crippen LogP contribution in [0.3, 0.4) is 0 Å². The third kappa shape index (κ3) is 2.58. The average Bonchev–Trinajstić information content (AvgIpc) is 2.86. The highest BCUT2D eigenvalue weighted by Gasteiger charge is 1.87. The molecule has 0 fully saturated rings. The summed E-state index contributed by atoms with van der Waals surface area (Å²) in [6, 6.07) is 3.98. The predicted octanol–water partition coefficient (Wildman–Crippen LogP) is 2.66. The first-order valence-corrected chi connectivity index (χ1v) is 5.70. The molecule has 70 valence electrons. The zero-order chi connectivity index (χ0) is 9.64. The van der Waals surface area contributed by atoms with Gasteiger partial charge in [0.25, 0.3) is 0 Å². The SMILES string of the molecule is C(=N/N=C/c1nccs1)c1cccs1. The fraction of sp³-hybridized carbons (Fsp3) is 0. The van der Waals surface area contributed by atoms with Gasteiger partial charge in [-0.3, -0.25) is 0 Å². The van der Waals surface area contributed by atoms with E-state index >= 15 is 0 Å². The second-order valence-electron chi connectivity index (χ2n) is 2.37. The molecule has 2 rings (SSSR count). The van der Waals surface area contributed by atoms with Crippen LogP contribution >= 0.6 is 22.7 Å². The van der Waals surface area contributed by atoms with Crippen molar-refractivity contribution in [2.24, 2.45) is 10.2 Å². The number of aromatic nitrogens is 1. The van der Waals surface area contributed by atoms with E-state index < -0.39 is 0 Å². The molecule has 0 N–H and O–H groups in total. The van der Waals surface area contributed by atoms with Crippen LogP contribution in [-0.4, -0.2) is 17.4 Å². The first-order valence-electron chi connectivity index (χ1n) is 3.94. The highest BCUT2D eigenvalue weighted by Crippen LogP contribution is 2.04. The molecule has 0 amide bonds. The third-order valence-electron chi connectivity index (χ3n) is 1.41. The summed E-state index contributed by atoms with van der Waals surface area (Å²) < 4.78 is 0. The molecule has 5 heteroatoms. The molecule has 0 bridgehead atoms. The van der Waals surface area contributed by atoms with Crippen molar-refractivity contribution in [3.63, 3.8) is 0 Å². The van der Waals surface area contributed by atoms with E-state index in [9.17, 15) is 0 Å². The Bertz CT molecular complexity index is 373. The van der Waals surface area contributed by atoms with Crippen molar-refractivity contribution in [1.82, 2.24) is 4.98 Å². The van der Waals surface area contributed by atoms with E-state index in [1.165, 1.54) is 11.3 Å². The normalized spacial score (nSPS) is 11.7. The zero-order valence-electron chi connectivity index (χ0n) is 7.20. The molecule has 0 spiro atoms. The van der Waals surface area contributed by atoms with Crippen LogP contribution in [0.5, 0.6) is 0 Å². The lowest BCUT2D eigenvalue weighted by Crippen LogP contribution is -1.75. The molecule has 2 aromatic heterocycles. The summed E-state index contributed by atoms with van der Waals surface area (Å²) in [5.74, 6) is 0. The number of hydrogen-bond donors (Lipinski definition) is 0. The van der Waals surface area contributed by atoms with Crippen LogP contribution < -0.4 is 0 Å². The van der Waals surface area contributed by atoms with E-state index in [1.807, 2.05) is 22.9 Å². The standard InChI is InChI=1S/C9H7N3S2/c1-2-8(13-4-1)6-11-12-7-9-10-3-5-14-9/h1-7H/b11-6?,12-7+. The van der Waals surface area contributed by atoms with Crippen molar-refractivity contribution in [3.8, 4) is 0 Å². The minimum Gasteiger partial charge on any atom is -0.243 e. The first kappa shape index (κ1) is 9.23. The molecule has 0 aliphatic carbocycles. The van der Waals surface area contributed by atoms with Crippen LogP contribution in [0, 0.1) is 0 Å². The van der Waals surface area contributed by atoms with E-state index in [4.69, 9.17) is 0 Å². The molecular formula is C9H7N3S2. The Kier molecular flexibility index (Phi) is 3.15. The van der Waals surface area contributed by atoms with Crippen molar-refractivity contribution in [1.29, 1.82) is 0 Å². The summed E-state index contributed by atoms with van der Waals surface area (Å²) >= 11 is 3.17. The Morgan fingerprint density at radius 2 is 2.07 bits per heavy atom. The van der Waals surface area contributed by atoms with Gasteiger partial charge in [-0.2, -0.15) is 10.2 Å². The van der Waals surface area contributed by atoms with Gasteiger partial charge in [0.05, 0.1) is 12.4 Å². The van der Waals surface area contributed by atoms with Gasteiger partial charge < -0.3 is 0 Å². The van der Waals surface area contributed by atoms with Crippen molar-refractivity contribution >= 4 is 35.1 Å². The zero-order valence-corrected chi connectivity index (χ0v) is 8.83. The van der Waals surface area contributed by atoms with Crippen LogP contribution in [0.2, 0.25) is 0 Å². The largest absolute Gasteiger partial charge is 0.243 e.